The molecular weight excluding hydrogens is 431 g/mol. The Balaban J connectivity index is 1.66. The second-order valence-electron chi connectivity index (χ2n) is 6.55. The SMILES string of the molecule is Cn1ccnc1C(NC(=O)CCNS(=O)(=O)c1cccc(Cl)c1)c1ccc(F)cc1. The van der Waals surface area contributed by atoms with Gasteiger partial charge < -0.3 is 9.88 Å². The molecule has 1 amide bonds. The Morgan fingerprint density at radius 2 is 1.97 bits per heavy atom. The Kier molecular flexibility index (Phi) is 6.86. The van der Waals surface area contributed by atoms with Crippen LogP contribution in [0.3, 0.4) is 0 Å². The number of amides is 1. The summed E-state index contributed by atoms with van der Waals surface area (Å²) in [6, 6.07) is 11.0. The van der Waals surface area contributed by atoms with Crippen molar-refractivity contribution in [3.05, 3.63) is 83.2 Å². The number of halogens is 2. The number of carbonyl (C=O) groups is 1. The van der Waals surface area contributed by atoms with Gasteiger partial charge in [-0.05, 0) is 35.9 Å². The highest BCUT2D eigenvalue weighted by atomic mass is 35.5. The summed E-state index contributed by atoms with van der Waals surface area (Å²) in [5.41, 5.74) is 0.651. The molecule has 0 bridgehead atoms. The molecule has 0 fully saturated rings. The predicted molar refractivity (Wildman–Crippen MR) is 111 cm³/mol. The van der Waals surface area contributed by atoms with Crippen LogP contribution >= 0.6 is 11.6 Å². The van der Waals surface area contributed by atoms with Crippen LogP contribution < -0.4 is 10.0 Å². The van der Waals surface area contributed by atoms with E-state index in [0.717, 1.165) is 0 Å². The molecule has 10 heteroatoms. The maximum absolute atomic E-state index is 13.3. The van der Waals surface area contributed by atoms with E-state index in [1.807, 2.05) is 0 Å². The van der Waals surface area contributed by atoms with Crippen molar-refractivity contribution in [2.75, 3.05) is 6.54 Å². The Morgan fingerprint density at radius 1 is 1.23 bits per heavy atom. The van der Waals surface area contributed by atoms with Gasteiger partial charge in [0.05, 0.1) is 4.90 Å². The van der Waals surface area contributed by atoms with E-state index in [1.165, 1.54) is 30.3 Å². The third-order valence-electron chi connectivity index (χ3n) is 4.38. The van der Waals surface area contributed by atoms with Crippen molar-refractivity contribution in [1.29, 1.82) is 0 Å². The van der Waals surface area contributed by atoms with Gasteiger partial charge in [-0.25, -0.2) is 22.5 Å². The molecule has 30 heavy (non-hydrogen) atoms. The number of rotatable bonds is 8. The maximum Gasteiger partial charge on any atom is 0.240 e. The van der Waals surface area contributed by atoms with E-state index in [0.29, 0.717) is 16.4 Å². The number of aromatic nitrogens is 2. The van der Waals surface area contributed by atoms with Crippen LogP contribution in [0, 0.1) is 5.82 Å². The second-order valence-corrected chi connectivity index (χ2v) is 8.76. The van der Waals surface area contributed by atoms with Gasteiger partial charge in [0.1, 0.15) is 17.7 Å². The normalized spacial score (nSPS) is 12.5. The van der Waals surface area contributed by atoms with Gasteiger partial charge in [0.25, 0.3) is 0 Å². The molecule has 1 unspecified atom stereocenters. The molecule has 0 aliphatic carbocycles. The Morgan fingerprint density at radius 3 is 2.60 bits per heavy atom. The summed E-state index contributed by atoms with van der Waals surface area (Å²) in [6.45, 7) is -0.0998. The molecule has 0 saturated carbocycles. The second kappa shape index (κ2) is 9.38. The Labute approximate surface area is 178 Å². The van der Waals surface area contributed by atoms with E-state index in [-0.39, 0.29) is 29.6 Å². The topological polar surface area (TPSA) is 93.1 Å². The Bertz CT molecular complexity index is 1130. The number of benzene rings is 2. The molecule has 7 nitrogen and oxygen atoms in total. The minimum Gasteiger partial charge on any atom is -0.342 e. The zero-order chi connectivity index (χ0) is 21.7. The third kappa shape index (κ3) is 5.44. The predicted octanol–water partition coefficient (Wildman–Crippen LogP) is 2.79. The van der Waals surface area contributed by atoms with Crippen molar-refractivity contribution in [3.63, 3.8) is 0 Å². The number of hydrogen-bond acceptors (Lipinski definition) is 4. The average molecular weight is 451 g/mol. The van der Waals surface area contributed by atoms with Crippen molar-refractivity contribution in [1.82, 2.24) is 19.6 Å². The molecule has 1 heterocycles. The molecule has 3 aromatic rings. The van der Waals surface area contributed by atoms with Crippen LogP contribution in [0.5, 0.6) is 0 Å². The first-order valence-electron chi connectivity index (χ1n) is 9.03. The summed E-state index contributed by atoms with van der Waals surface area (Å²) in [6.07, 6.45) is 3.23. The standard InChI is InChI=1S/C20H20ClFN4O3S/c1-26-12-11-23-20(26)19(14-5-7-16(22)8-6-14)25-18(27)9-10-24-30(28,29)17-4-2-3-15(21)13-17/h2-8,11-13,19,24H,9-10H2,1H3,(H,25,27). The lowest BCUT2D eigenvalue weighted by molar-refractivity contribution is -0.121. The fraction of sp³-hybridized carbons (Fsp3) is 0.200. The summed E-state index contributed by atoms with van der Waals surface area (Å²) in [5, 5.41) is 3.13. The fourth-order valence-electron chi connectivity index (χ4n) is 2.86. The summed E-state index contributed by atoms with van der Waals surface area (Å²) in [5.74, 6) is -0.213. The summed E-state index contributed by atoms with van der Waals surface area (Å²) in [4.78, 5) is 16.8. The average Bonchev–Trinajstić information content (AvgIpc) is 3.12. The van der Waals surface area contributed by atoms with Crippen LogP contribution in [0.1, 0.15) is 23.9 Å². The first kappa shape index (κ1) is 21.9. The van der Waals surface area contributed by atoms with E-state index in [1.54, 1.807) is 42.2 Å². The number of sulfonamides is 1. The van der Waals surface area contributed by atoms with Crippen molar-refractivity contribution in [2.24, 2.45) is 7.05 Å². The van der Waals surface area contributed by atoms with Gasteiger partial charge in [-0.1, -0.05) is 29.8 Å². The van der Waals surface area contributed by atoms with Crippen LogP contribution in [0.25, 0.3) is 0 Å². The molecule has 0 saturated heterocycles. The molecule has 2 N–H and O–H groups in total. The smallest absolute Gasteiger partial charge is 0.240 e. The fourth-order valence-corrected chi connectivity index (χ4v) is 4.19. The molecular formula is C20H20ClFN4O3S. The quantitative estimate of drug-likeness (QED) is 0.552. The highest BCUT2D eigenvalue weighted by molar-refractivity contribution is 7.89. The number of nitrogens with zero attached hydrogens (tertiary/aromatic N) is 2. The molecule has 3 rings (SSSR count). The van der Waals surface area contributed by atoms with Crippen LogP contribution in [0.15, 0.2) is 65.8 Å². The van der Waals surface area contributed by atoms with E-state index in [2.05, 4.69) is 15.0 Å². The number of carbonyl (C=O) groups excluding carboxylic acids is 1. The zero-order valence-electron chi connectivity index (χ0n) is 16.0. The molecule has 0 radical (unpaired) electrons. The van der Waals surface area contributed by atoms with Gasteiger partial charge in [-0.3, -0.25) is 4.79 Å². The van der Waals surface area contributed by atoms with E-state index < -0.39 is 16.1 Å². The number of hydrogen-bond donors (Lipinski definition) is 2. The van der Waals surface area contributed by atoms with E-state index >= 15 is 0 Å². The van der Waals surface area contributed by atoms with E-state index in [9.17, 15) is 17.6 Å². The van der Waals surface area contributed by atoms with Gasteiger partial charge in [-0.2, -0.15) is 0 Å². The van der Waals surface area contributed by atoms with E-state index in [4.69, 9.17) is 11.6 Å². The minimum atomic E-state index is -3.79. The first-order chi connectivity index (χ1) is 14.3. The molecule has 1 atom stereocenters. The molecule has 0 spiro atoms. The Hall–Kier alpha value is -2.75. The van der Waals surface area contributed by atoms with Crippen molar-refractivity contribution in [2.45, 2.75) is 17.4 Å². The van der Waals surface area contributed by atoms with Crippen molar-refractivity contribution in [3.8, 4) is 0 Å². The molecule has 0 aliphatic heterocycles. The summed E-state index contributed by atoms with van der Waals surface area (Å²) < 4.78 is 42.1. The largest absolute Gasteiger partial charge is 0.342 e. The van der Waals surface area contributed by atoms with Crippen LogP contribution in [0.2, 0.25) is 5.02 Å². The monoisotopic (exact) mass is 450 g/mol. The highest BCUT2D eigenvalue weighted by Gasteiger charge is 2.21. The number of aryl methyl sites for hydroxylation is 1. The maximum atomic E-state index is 13.3. The lowest BCUT2D eigenvalue weighted by Crippen LogP contribution is -2.34. The van der Waals surface area contributed by atoms with Crippen LogP contribution in [0.4, 0.5) is 4.39 Å². The van der Waals surface area contributed by atoms with Crippen molar-refractivity contribution < 1.29 is 17.6 Å². The highest BCUT2D eigenvalue weighted by Crippen LogP contribution is 2.21. The number of nitrogens with one attached hydrogen (secondary N) is 2. The van der Waals surface area contributed by atoms with Gasteiger partial charge >= 0.3 is 0 Å². The first-order valence-corrected chi connectivity index (χ1v) is 10.9. The summed E-state index contributed by atoms with van der Waals surface area (Å²) >= 11 is 5.83. The lowest BCUT2D eigenvalue weighted by atomic mass is 10.1. The number of imidazole rings is 1. The minimum absolute atomic E-state index is 0.0209. The lowest BCUT2D eigenvalue weighted by Gasteiger charge is -2.19. The molecule has 2 aromatic carbocycles. The van der Waals surface area contributed by atoms with Gasteiger partial charge in [0.15, 0.2) is 0 Å². The zero-order valence-corrected chi connectivity index (χ0v) is 17.6. The van der Waals surface area contributed by atoms with Gasteiger partial charge in [0.2, 0.25) is 15.9 Å². The van der Waals surface area contributed by atoms with Crippen LogP contribution in [-0.2, 0) is 21.9 Å². The summed E-state index contributed by atoms with van der Waals surface area (Å²) in [7, 11) is -2.00. The molecule has 1 aromatic heterocycles. The van der Waals surface area contributed by atoms with Gasteiger partial charge in [0, 0.05) is 37.4 Å². The third-order valence-corrected chi connectivity index (χ3v) is 6.07. The van der Waals surface area contributed by atoms with Crippen LogP contribution in [-0.4, -0.2) is 30.4 Å². The van der Waals surface area contributed by atoms with Crippen molar-refractivity contribution >= 4 is 27.5 Å². The van der Waals surface area contributed by atoms with Gasteiger partial charge in [-0.15, -0.1) is 0 Å². The molecule has 158 valence electrons. The molecule has 0 aliphatic rings.